The number of phenols is 1. The van der Waals surface area contributed by atoms with Crippen molar-refractivity contribution in [1.82, 2.24) is 10.3 Å². The lowest BCUT2D eigenvalue weighted by molar-refractivity contribution is 0.0469. The summed E-state index contributed by atoms with van der Waals surface area (Å²) in [5.41, 5.74) is 1.36. The van der Waals surface area contributed by atoms with E-state index in [1.165, 1.54) is 24.3 Å². The molecule has 0 aliphatic heterocycles. The van der Waals surface area contributed by atoms with Crippen LogP contribution in [0.15, 0.2) is 48.8 Å². The van der Waals surface area contributed by atoms with Crippen LogP contribution in [0.5, 0.6) is 11.5 Å². The van der Waals surface area contributed by atoms with E-state index in [9.17, 15) is 9.90 Å². The van der Waals surface area contributed by atoms with E-state index in [0.29, 0.717) is 12.0 Å². The first-order chi connectivity index (χ1) is 13.0. The lowest BCUT2D eigenvalue weighted by atomic mass is 10.1. The van der Waals surface area contributed by atoms with Crippen LogP contribution in [0.25, 0.3) is 6.08 Å². The Labute approximate surface area is 159 Å². The van der Waals surface area contributed by atoms with E-state index in [1.54, 1.807) is 12.4 Å². The molecule has 0 fully saturated rings. The number of nitrogens with one attached hydrogen (secondary N) is 1. The summed E-state index contributed by atoms with van der Waals surface area (Å²) in [6.45, 7) is 4.19. The van der Waals surface area contributed by atoms with Gasteiger partial charge in [0, 0.05) is 12.2 Å². The van der Waals surface area contributed by atoms with E-state index in [-0.39, 0.29) is 24.5 Å². The molecule has 0 aliphatic rings. The Kier molecular flexibility index (Phi) is 7.82. The first-order valence-corrected chi connectivity index (χ1v) is 8.89. The van der Waals surface area contributed by atoms with Crippen molar-refractivity contribution in [3.8, 4) is 11.5 Å². The minimum atomic E-state index is -0.415. The molecular weight excluding hydrogens is 344 g/mol. The van der Waals surface area contributed by atoms with Gasteiger partial charge in [0.05, 0.1) is 17.9 Å². The SMILES string of the molecule is CN[C@@H](C/C=C/c1cncc(OC(C)C)c1)COC(=O)c1ccc(O)cc1. The summed E-state index contributed by atoms with van der Waals surface area (Å²) in [5.74, 6) is 0.434. The third-order valence-corrected chi connectivity index (χ3v) is 3.76. The summed E-state index contributed by atoms with van der Waals surface area (Å²) in [5, 5.41) is 12.4. The number of nitrogens with zero attached hydrogens (tertiary/aromatic N) is 1. The van der Waals surface area contributed by atoms with Gasteiger partial charge in [0.15, 0.2) is 0 Å². The highest BCUT2D eigenvalue weighted by atomic mass is 16.5. The van der Waals surface area contributed by atoms with Gasteiger partial charge in [-0.2, -0.15) is 0 Å². The number of ether oxygens (including phenoxy) is 2. The van der Waals surface area contributed by atoms with E-state index < -0.39 is 5.97 Å². The molecular formula is C21H26N2O4. The minimum Gasteiger partial charge on any atom is -0.508 e. The smallest absolute Gasteiger partial charge is 0.338 e. The number of pyridine rings is 1. The van der Waals surface area contributed by atoms with Crippen molar-refractivity contribution in [3.05, 3.63) is 59.9 Å². The first kappa shape index (κ1) is 20.5. The molecule has 2 rings (SSSR count). The predicted octanol–water partition coefficient (Wildman–Crippen LogP) is 3.42. The molecule has 144 valence electrons. The Balaban J connectivity index is 1.85. The van der Waals surface area contributed by atoms with E-state index >= 15 is 0 Å². The van der Waals surface area contributed by atoms with E-state index in [0.717, 1.165) is 11.3 Å². The van der Waals surface area contributed by atoms with Crippen LogP contribution in [0.3, 0.4) is 0 Å². The zero-order valence-electron chi connectivity index (χ0n) is 15.9. The fourth-order valence-electron chi connectivity index (χ4n) is 2.36. The maximum atomic E-state index is 12.0. The normalized spacial score (nSPS) is 12.3. The van der Waals surface area contributed by atoms with Crippen LogP contribution in [-0.4, -0.2) is 41.9 Å². The van der Waals surface area contributed by atoms with Gasteiger partial charge in [-0.3, -0.25) is 4.98 Å². The van der Waals surface area contributed by atoms with Crippen molar-refractivity contribution in [2.75, 3.05) is 13.7 Å². The number of hydrogen-bond acceptors (Lipinski definition) is 6. The van der Waals surface area contributed by atoms with Crippen molar-refractivity contribution >= 4 is 12.0 Å². The number of esters is 1. The summed E-state index contributed by atoms with van der Waals surface area (Å²) >= 11 is 0. The van der Waals surface area contributed by atoms with Crippen molar-refractivity contribution < 1.29 is 19.4 Å². The second-order valence-corrected chi connectivity index (χ2v) is 6.39. The van der Waals surface area contributed by atoms with E-state index in [4.69, 9.17) is 9.47 Å². The van der Waals surface area contributed by atoms with Crippen LogP contribution >= 0.6 is 0 Å². The number of benzene rings is 1. The van der Waals surface area contributed by atoms with Gasteiger partial charge in [-0.05, 0) is 63.2 Å². The van der Waals surface area contributed by atoms with Crippen LogP contribution in [0.1, 0.15) is 36.2 Å². The first-order valence-electron chi connectivity index (χ1n) is 8.89. The molecule has 1 aromatic heterocycles. The number of aromatic hydroxyl groups is 1. The summed E-state index contributed by atoms with van der Waals surface area (Å²) in [6.07, 6.45) is 8.22. The number of phenolic OH excluding ortho intramolecular Hbond substituents is 1. The van der Waals surface area contributed by atoms with Gasteiger partial charge in [0.25, 0.3) is 0 Å². The Hall–Kier alpha value is -2.86. The molecule has 6 nitrogen and oxygen atoms in total. The molecule has 0 spiro atoms. The highest BCUT2D eigenvalue weighted by Gasteiger charge is 2.11. The number of carbonyl (C=O) groups excluding carboxylic acids is 1. The van der Waals surface area contributed by atoms with Crippen molar-refractivity contribution in [3.63, 3.8) is 0 Å². The van der Waals surface area contributed by atoms with E-state index in [2.05, 4.69) is 10.3 Å². The Morgan fingerprint density at radius 3 is 2.67 bits per heavy atom. The van der Waals surface area contributed by atoms with Crippen LogP contribution in [-0.2, 0) is 4.74 Å². The second-order valence-electron chi connectivity index (χ2n) is 6.39. The number of aromatic nitrogens is 1. The van der Waals surface area contributed by atoms with Gasteiger partial charge >= 0.3 is 5.97 Å². The minimum absolute atomic E-state index is 0.00892. The number of rotatable bonds is 9. The third-order valence-electron chi connectivity index (χ3n) is 3.76. The molecule has 0 bridgehead atoms. The number of likely N-dealkylation sites (N-methyl/N-ethyl adjacent to an activating group) is 1. The maximum absolute atomic E-state index is 12.0. The number of hydrogen-bond donors (Lipinski definition) is 2. The average Bonchev–Trinajstić information content (AvgIpc) is 2.64. The van der Waals surface area contributed by atoms with Gasteiger partial charge in [-0.15, -0.1) is 0 Å². The van der Waals surface area contributed by atoms with Crippen molar-refractivity contribution in [1.29, 1.82) is 0 Å². The third kappa shape index (κ3) is 7.11. The topological polar surface area (TPSA) is 80.7 Å². The summed E-state index contributed by atoms with van der Waals surface area (Å²) in [6, 6.07) is 7.91. The molecule has 0 radical (unpaired) electrons. The molecule has 0 aliphatic carbocycles. The highest BCUT2D eigenvalue weighted by molar-refractivity contribution is 5.89. The van der Waals surface area contributed by atoms with Crippen molar-refractivity contribution in [2.45, 2.75) is 32.4 Å². The molecule has 1 aromatic carbocycles. The zero-order valence-corrected chi connectivity index (χ0v) is 15.9. The average molecular weight is 370 g/mol. The van der Waals surface area contributed by atoms with Crippen molar-refractivity contribution in [2.24, 2.45) is 0 Å². The Bertz CT molecular complexity index is 757. The highest BCUT2D eigenvalue weighted by Crippen LogP contribution is 2.15. The quantitative estimate of drug-likeness (QED) is 0.658. The lowest BCUT2D eigenvalue weighted by Gasteiger charge is -2.14. The molecule has 2 aromatic rings. The molecule has 1 atom stereocenters. The van der Waals surface area contributed by atoms with E-state index in [1.807, 2.05) is 39.1 Å². The van der Waals surface area contributed by atoms with Crippen LogP contribution < -0.4 is 10.1 Å². The van der Waals surface area contributed by atoms with Gasteiger partial charge < -0.3 is 19.9 Å². The fourth-order valence-corrected chi connectivity index (χ4v) is 2.36. The molecule has 27 heavy (non-hydrogen) atoms. The lowest BCUT2D eigenvalue weighted by Crippen LogP contribution is -2.30. The molecule has 6 heteroatoms. The second kappa shape index (κ2) is 10.3. The number of carbonyl (C=O) groups is 1. The standard InChI is InChI=1S/C21H26N2O4/c1-15(2)27-20-11-16(12-23-13-20)5-4-6-18(22-3)14-26-21(25)17-7-9-19(24)10-8-17/h4-5,7-13,15,18,22,24H,6,14H2,1-3H3/b5-4+/t18-/m0/s1. The summed E-state index contributed by atoms with van der Waals surface area (Å²) in [7, 11) is 1.82. The fraction of sp³-hybridized carbons (Fsp3) is 0.333. The molecule has 2 N–H and O–H groups in total. The molecule has 0 amide bonds. The Morgan fingerprint density at radius 1 is 1.26 bits per heavy atom. The maximum Gasteiger partial charge on any atom is 0.338 e. The van der Waals surface area contributed by atoms with Gasteiger partial charge in [-0.1, -0.05) is 12.2 Å². The largest absolute Gasteiger partial charge is 0.508 e. The van der Waals surface area contributed by atoms with Crippen LogP contribution in [0.4, 0.5) is 0 Å². The van der Waals surface area contributed by atoms with Gasteiger partial charge in [-0.25, -0.2) is 4.79 Å². The molecule has 1 heterocycles. The monoisotopic (exact) mass is 370 g/mol. The van der Waals surface area contributed by atoms with Gasteiger partial charge in [0.2, 0.25) is 0 Å². The summed E-state index contributed by atoms with van der Waals surface area (Å²) < 4.78 is 11.0. The Morgan fingerprint density at radius 2 is 2.00 bits per heavy atom. The van der Waals surface area contributed by atoms with Gasteiger partial charge in [0.1, 0.15) is 18.1 Å². The molecule has 0 saturated carbocycles. The predicted molar refractivity (Wildman–Crippen MR) is 105 cm³/mol. The van der Waals surface area contributed by atoms with Crippen LogP contribution in [0, 0.1) is 0 Å². The van der Waals surface area contributed by atoms with Crippen LogP contribution in [0.2, 0.25) is 0 Å². The molecule has 0 unspecified atom stereocenters. The molecule has 0 saturated heterocycles. The summed E-state index contributed by atoms with van der Waals surface area (Å²) in [4.78, 5) is 16.2. The zero-order chi connectivity index (χ0) is 19.6.